The van der Waals surface area contributed by atoms with Crippen LogP contribution < -0.4 is 0 Å². The van der Waals surface area contributed by atoms with Crippen molar-refractivity contribution in [2.75, 3.05) is 20.2 Å². The minimum atomic E-state index is -0.788. The molecule has 0 saturated heterocycles. The highest BCUT2D eigenvalue weighted by molar-refractivity contribution is 6.32. The number of amides is 1. The predicted octanol–water partition coefficient (Wildman–Crippen LogP) is 1.56. The van der Waals surface area contributed by atoms with Gasteiger partial charge in [0.1, 0.15) is 0 Å². The van der Waals surface area contributed by atoms with Gasteiger partial charge in [0, 0.05) is 13.6 Å². The van der Waals surface area contributed by atoms with E-state index in [-0.39, 0.29) is 6.61 Å². The van der Waals surface area contributed by atoms with Gasteiger partial charge in [0.2, 0.25) is 0 Å². The molecule has 0 radical (unpaired) electrons. The molecule has 18 heavy (non-hydrogen) atoms. The summed E-state index contributed by atoms with van der Waals surface area (Å²) in [5.74, 6) is -1.38. The second-order valence-corrected chi connectivity index (χ2v) is 4.18. The molecule has 0 bridgehead atoms. The maximum absolute atomic E-state index is 11.6. The van der Waals surface area contributed by atoms with Gasteiger partial charge in [-0.05, 0) is 25.8 Å². The molecule has 1 amide bonds. The number of hydrogen-bond donors (Lipinski definition) is 0. The summed E-state index contributed by atoms with van der Waals surface area (Å²) in [7, 11) is 1.60. The van der Waals surface area contributed by atoms with Crippen molar-refractivity contribution in [3.63, 3.8) is 0 Å². The fourth-order valence-electron chi connectivity index (χ4n) is 1.50. The number of benzene rings is 1. The third-order valence-electron chi connectivity index (χ3n) is 2.65. The number of rotatable bonds is 4. The summed E-state index contributed by atoms with van der Waals surface area (Å²) in [4.78, 5) is 24.2. The molecule has 0 heterocycles. The number of hydrogen-bond acceptors (Lipinski definition) is 3. The molecule has 0 spiro atoms. The predicted molar refractivity (Wildman–Crippen MR) is 69.2 cm³/mol. The van der Waals surface area contributed by atoms with Crippen molar-refractivity contribution in [3.05, 3.63) is 35.4 Å². The fraction of sp³-hybridized carbons (Fsp3) is 0.429. The molecule has 0 aliphatic rings. The van der Waals surface area contributed by atoms with Crippen LogP contribution in [0.1, 0.15) is 18.1 Å². The molecule has 1 aromatic carbocycles. The molecule has 0 atom stereocenters. The zero-order valence-corrected chi connectivity index (χ0v) is 11.1. The Hall–Kier alpha value is -1.84. The van der Waals surface area contributed by atoms with Gasteiger partial charge in [-0.25, -0.2) is 4.79 Å². The Labute approximate surface area is 108 Å². The minimum absolute atomic E-state index is 0.219. The molecule has 0 unspecified atom stereocenters. The molecule has 4 heteroatoms. The molecule has 4 nitrogen and oxygen atoms in total. The molecular formula is C14H19NO3. The van der Waals surface area contributed by atoms with Gasteiger partial charge in [-0.3, -0.25) is 4.79 Å². The first-order valence-corrected chi connectivity index (χ1v) is 6.02. The number of esters is 1. The first-order valence-electron chi connectivity index (χ1n) is 6.02. The summed E-state index contributed by atoms with van der Waals surface area (Å²) in [5, 5.41) is 0. The van der Waals surface area contributed by atoms with Crippen LogP contribution in [0.25, 0.3) is 0 Å². The highest BCUT2D eigenvalue weighted by Gasteiger charge is 2.19. The maximum atomic E-state index is 11.6. The van der Waals surface area contributed by atoms with E-state index < -0.39 is 11.9 Å². The molecular weight excluding hydrogens is 230 g/mol. The molecule has 0 N–H and O–H groups in total. The van der Waals surface area contributed by atoms with E-state index in [0.29, 0.717) is 6.54 Å². The third-order valence-corrected chi connectivity index (χ3v) is 2.65. The van der Waals surface area contributed by atoms with Gasteiger partial charge in [0.15, 0.2) is 0 Å². The number of ether oxygens (including phenoxy) is 1. The summed E-state index contributed by atoms with van der Waals surface area (Å²) < 4.78 is 4.66. The summed E-state index contributed by atoms with van der Waals surface area (Å²) >= 11 is 0. The number of carbonyl (C=O) groups excluding carboxylic acids is 2. The van der Waals surface area contributed by atoms with Crippen molar-refractivity contribution >= 4 is 11.9 Å². The summed E-state index contributed by atoms with van der Waals surface area (Å²) in [6.07, 6.45) is 0.724. The quantitative estimate of drug-likeness (QED) is 0.601. The van der Waals surface area contributed by atoms with E-state index in [1.165, 1.54) is 10.5 Å². The van der Waals surface area contributed by atoms with Crippen molar-refractivity contribution in [1.29, 1.82) is 0 Å². The normalized spacial score (nSPS) is 9.94. The van der Waals surface area contributed by atoms with Crippen LogP contribution in [0.2, 0.25) is 0 Å². The molecule has 0 aromatic heterocycles. The van der Waals surface area contributed by atoms with Crippen molar-refractivity contribution in [1.82, 2.24) is 4.90 Å². The van der Waals surface area contributed by atoms with Crippen LogP contribution in [0.15, 0.2) is 24.3 Å². The molecule has 1 rings (SSSR count). The van der Waals surface area contributed by atoms with E-state index in [0.717, 1.165) is 12.0 Å². The molecule has 0 saturated carbocycles. The summed E-state index contributed by atoms with van der Waals surface area (Å²) in [6.45, 7) is 4.43. The van der Waals surface area contributed by atoms with E-state index in [1.807, 2.05) is 31.2 Å². The van der Waals surface area contributed by atoms with Crippen LogP contribution in [0, 0.1) is 6.92 Å². The van der Waals surface area contributed by atoms with Gasteiger partial charge in [0.05, 0.1) is 6.61 Å². The number of carbonyl (C=O) groups is 2. The van der Waals surface area contributed by atoms with E-state index in [2.05, 4.69) is 4.74 Å². The van der Waals surface area contributed by atoms with E-state index in [9.17, 15) is 9.59 Å². The number of aryl methyl sites for hydroxylation is 1. The lowest BCUT2D eigenvalue weighted by Crippen LogP contribution is -2.35. The second kappa shape index (κ2) is 6.79. The highest BCUT2D eigenvalue weighted by atomic mass is 16.5. The molecule has 0 aliphatic heterocycles. The van der Waals surface area contributed by atoms with Crippen molar-refractivity contribution < 1.29 is 14.3 Å². The first kappa shape index (κ1) is 14.2. The van der Waals surface area contributed by atoms with Gasteiger partial charge < -0.3 is 9.64 Å². The summed E-state index contributed by atoms with van der Waals surface area (Å²) in [5.41, 5.74) is 2.35. The number of likely N-dealkylation sites (N-methyl/N-ethyl adjacent to an activating group) is 1. The lowest BCUT2D eigenvalue weighted by Gasteiger charge is -2.15. The maximum Gasteiger partial charge on any atom is 0.396 e. The van der Waals surface area contributed by atoms with Crippen LogP contribution in [-0.4, -0.2) is 37.0 Å². The van der Waals surface area contributed by atoms with Gasteiger partial charge in [-0.1, -0.05) is 29.8 Å². The average molecular weight is 249 g/mol. The monoisotopic (exact) mass is 249 g/mol. The topological polar surface area (TPSA) is 46.6 Å². The van der Waals surface area contributed by atoms with Crippen LogP contribution in [-0.2, 0) is 20.7 Å². The largest absolute Gasteiger partial charge is 0.459 e. The third kappa shape index (κ3) is 4.20. The Morgan fingerprint density at radius 1 is 1.22 bits per heavy atom. The van der Waals surface area contributed by atoms with Crippen molar-refractivity contribution in [2.24, 2.45) is 0 Å². The minimum Gasteiger partial charge on any atom is -0.459 e. The Balaban J connectivity index is 2.45. The Bertz CT molecular complexity index is 412. The van der Waals surface area contributed by atoms with Gasteiger partial charge in [0.25, 0.3) is 0 Å². The Kier molecular flexibility index (Phi) is 5.36. The van der Waals surface area contributed by atoms with Gasteiger partial charge in [-0.2, -0.15) is 0 Å². The van der Waals surface area contributed by atoms with Gasteiger partial charge >= 0.3 is 11.9 Å². The standard InChI is InChI=1S/C14H19NO3/c1-4-18-14(17)13(16)15(3)10-9-12-7-5-11(2)6-8-12/h5-8H,4,9-10H2,1-3H3. The zero-order chi connectivity index (χ0) is 13.5. The Morgan fingerprint density at radius 2 is 1.83 bits per heavy atom. The highest BCUT2D eigenvalue weighted by Crippen LogP contribution is 2.04. The molecule has 0 fully saturated rings. The second-order valence-electron chi connectivity index (χ2n) is 4.18. The lowest BCUT2D eigenvalue weighted by atomic mass is 10.1. The zero-order valence-electron chi connectivity index (χ0n) is 11.1. The summed E-state index contributed by atoms with van der Waals surface area (Å²) in [6, 6.07) is 8.11. The first-order chi connectivity index (χ1) is 8.54. The number of nitrogens with zero attached hydrogens (tertiary/aromatic N) is 1. The van der Waals surface area contributed by atoms with Crippen LogP contribution in [0.4, 0.5) is 0 Å². The van der Waals surface area contributed by atoms with Crippen LogP contribution in [0.3, 0.4) is 0 Å². The Morgan fingerprint density at radius 3 is 2.39 bits per heavy atom. The SMILES string of the molecule is CCOC(=O)C(=O)N(C)CCc1ccc(C)cc1. The smallest absolute Gasteiger partial charge is 0.396 e. The lowest BCUT2D eigenvalue weighted by molar-refractivity contribution is -0.159. The van der Waals surface area contributed by atoms with Crippen molar-refractivity contribution in [3.8, 4) is 0 Å². The van der Waals surface area contributed by atoms with Crippen LogP contribution >= 0.6 is 0 Å². The van der Waals surface area contributed by atoms with E-state index in [4.69, 9.17) is 0 Å². The van der Waals surface area contributed by atoms with Crippen molar-refractivity contribution in [2.45, 2.75) is 20.3 Å². The molecule has 98 valence electrons. The molecule has 1 aromatic rings. The van der Waals surface area contributed by atoms with Gasteiger partial charge in [-0.15, -0.1) is 0 Å². The molecule has 0 aliphatic carbocycles. The average Bonchev–Trinajstić information content (AvgIpc) is 2.37. The van der Waals surface area contributed by atoms with Crippen LogP contribution in [0.5, 0.6) is 0 Å². The van der Waals surface area contributed by atoms with E-state index in [1.54, 1.807) is 14.0 Å². The fourth-order valence-corrected chi connectivity index (χ4v) is 1.50. The van der Waals surface area contributed by atoms with E-state index >= 15 is 0 Å².